The van der Waals surface area contributed by atoms with E-state index in [2.05, 4.69) is 4.72 Å². The number of likely N-dealkylation sites (N-methyl/N-ethyl adjacent to an activating group) is 1. The molecule has 0 saturated heterocycles. The standard InChI is InChI=1S/C8H21N3O3S.ClH/c1-8(9)4-5-10-15(12,13)11(2)6-7-14-3;/h8,10H,4-7,9H2,1-3H3;1H. The molecular formula is C8H22ClN3O3S. The normalized spacial score (nSPS) is 13.6. The quantitative estimate of drug-likeness (QED) is 0.629. The van der Waals surface area contributed by atoms with Crippen molar-refractivity contribution >= 4 is 22.6 Å². The highest BCUT2D eigenvalue weighted by Crippen LogP contribution is 1.94. The van der Waals surface area contributed by atoms with Crippen molar-refractivity contribution in [3.63, 3.8) is 0 Å². The maximum atomic E-state index is 11.5. The Morgan fingerprint density at radius 3 is 2.50 bits per heavy atom. The summed E-state index contributed by atoms with van der Waals surface area (Å²) in [6.07, 6.45) is 0.622. The van der Waals surface area contributed by atoms with Crippen LogP contribution in [-0.4, -0.2) is 52.6 Å². The third-order valence-electron chi connectivity index (χ3n) is 1.90. The van der Waals surface area contributed by atoms with Crippen LogP contribution in [0.5, 0.6) is 0 Å². The Morgan fingerprint density at radius 1 is 1.50 bits per heavy atom. The molecule has 0 heterocycles. The molecule has 16 heavy (non-hydrogen) atoms. The molecule has 1 atom stereocenters. The first-order valence-corrected chi connectivity index (χ1v) is 6.29. The molecule has 100 valence electrons. The number of nitrogens with one attached hydrogen (secondary N) is 1. The molecule has 0 aromatic rings. The van der Waals surface area contributed by atoms with Crippen molar-refractivity contribution in [3.05, 3.63) is 0 Å². The van der Waals surface area contributed by atoms with Gasteiger partial charge in [0.25, 0.3) is 10.2 Å². The van der Waals surface area contributed by atoms with E-state index in [0.717, 1.165) is 0 Å². The van der Waals surface area contributed by atoms with E-state index in [0.29, 0.717) is 26.1 Å². The fraction of sp³-hybridized carbons (Fsp3) is 1.00. The largest absolute Gasteiger partial charge is 0.383 e. The molecule has 0 aliphatic rings. The molecule has 0 aromatic carbocycles. The molecule has 0 aliphatic carbocycles. The Labute approximate surface area is 104 Å². The summed E-state index contributed by atoms with van der Waals surface area (Å²) in [5.41, 5.74) is 5.51. The topological polar surface area (TPSA) is 84.7 Å². The van der Waals surface area contributed by atoms with Crippen LogP contribution in [0.2, 0.25) is 0 Å². The van der Waals surface area contributed by atoms with Gasteiger partial charge in [0.2, 0.25) is 0 Å². The summed E-state index contributed by atoms with van der Waals surface area (Å²) in [6, 6.07) is -0.00280. The van der Waals surface area contributed by atoms with E-state index in [1.165, 1.54) is 18.5 Å². The maximum absolute atomic E-state index is 11.5. The van der Waals surface area contributed by atoms with Crippen molar-refractivity contribution in [3.8, 4) is 0 Å². The molecule has 0 radical (unpaired) electrons. The lowest BCUT2D eigenvalue weighted by Crippen LogP contribution is -2.41. The van der Waals surface area contributed by atoms with Crippen molar-refractivity contribution in [1.29, 1.82) is 0 Å². The first kappa shape index (κ1) is 18.4. The SMILES string of the molecule is COCCN(C)S(=O)(=O)NCCC(C)N.Cl. The monoisotopic (exact) mass is 275 g/mol. The molecule has 0 aromatic heterocycles. The van der Waals surface area contributed by atoms with E-state index in [9.17, 15) is 8.42 Å². The van der Waals surface area contributed by atoms with Gasteiger partial charge in [-0.1, -0.05) is 0 Å². The zero-order valence-corrected chi connectivity index (χ0v) is 11.6. The Balaban J connectivity index is 0. The van der Waals surface area contributed by atoms with Crippen LogP contribution < -0.4 is 10.5 Å². The van der Waals surface area contributed by atoms with Gasteiger partial charge >= 0.3 is 0 Å². The first-order chi connectivity index (χ1) is 6.90. The zero-order chi connectivity index (χ0) is 11.9. The Bertz CT molecular complexity index is 259. The van der Waals surface area contributed by atoms with Crippen LogP contribution in [0.3, 0.4) is 0 Å². The third kappa shape index (κ3) is 8.26. The Morgan fingerprint density at radius 2 is 2.06 bits per heavy atom. The highest BCUT2D eigenvalue weighted by atomic mass is 35.5. The van der Waals surface area contributed by atoms with E-state index in [1.54, 1.807) is 0 Å². The summed E-state index contributed by atoms with van der Waals surface area (Å²) < 4.78 is 31.6. The van der Waals surface area contributed by atoms with Crippen molar-refractivity contribution in [2.45, 2.75) is 19.4 Å². The average Bonchev–Trinajstić information content (AvgIpc) is 2.13. The average molecular weight is 276 g/mol. The number of nitrogens with zero attached hydrogens (tertiary/aromatic N) is 1. The Kier molecular flexibility index (Phi) is 10.5. The molecule has 8 heteroatoms. The van der Waals surface area contributed by atoms with Crippen molar-refractivity contribution in [2.24, 2.45) is 5.73 Å². The van der Waals surface area contributed by atoms with Gasteiger partial charge in [0.1, 0.15) is 0 Å². The summed E-state index contributed by atoms with van der Waals surface area (Å²) in [7, 11) is -0.342. The van der Waals surface area contributed by atoms with Crippen LogP contribution in [0.25, 0.3) is 0 Å². The number of nitrogens with two attached hydrogens (primary N) is 1. The van der Waals surface area contributed by atoms with E-state index in [-0.39, 0.29) is 18.4 Å². The summed E-state index contributed by atoms with van der Waals surface area (Å²) in [4.78, 5) is 0. The number of halogens is 1. The van der Waals surface area contributed by atoms with Gasteiger partial charge in [-0.25, -0.2) is 4.72 Å². The summed E-state index contributed by atoms with van der Waals surface area (Å²) in [6.45, 7) is 2.91. The van der Waals surface area contributed by atoms with Gasteiger partial charge in [-0.15, -0.1) is 12.4 Å². The summed E-state index contributed by atoms with van der Waals surface area (Å²) >= 11 is 0. The van der Waals surface area contributed by atoms with Gasteiger partial charge in [0, 0.05) is 33.3 Å². The minimum absolute atomic E-state index is 0. The van der Waals surface area contributed by atoms with Gasteiger partial charge in [0.15, 0.2) is 0 Å². The van der Waals surface area contributed by atoms with Crippen LogP contribution in [0, 0.1) is 0 Å². The molecule has 0 spiro atoms. The maximum Gasteiger partial charge on any atom is 0.279 e. The number of ether oxygens (including phenoxy) is 1. The fourth-order valence-electron chi connectivity index (χ4n) is 0.866. The minimum atomic E-state index is -3.38. The lowest BCUT2D eigenvalue weighted by molar-refractivity contribution is 0.184. The molecule has 0 fully saturated rings. The minimum Gasteiger partial charge on any atom is -0.383 e. The van der Waals surface area contributed by atoms with Crippen molar-refractivity contribution in [1.82, 2.24) is 9.03 Å². The zero-order valence-electron chi connectivity index (χ0n) is 9.97. The van der Waals surface area contributed by atoms with Gasteiger partial charge in [0.05, 0.1) is 6.61 Å². The molecule has 0 amide bonds. The highest BCUT2D eigenvalue weighted by molar-refractivity contribution is 7.87. The van der Waals surface area contributed by atoms with Crippen LogP contribution in [0.15, 0.2) is 0 Å². The van der Waals surface area contributed by atoms with E-state index >= 15 is 0 Å². The molecule has 0 aliphatic heterocycles. The summed E-state index contributed by atoms with van der Waals surface area (Å²) in [5, 5.41) is 0. The third-order valence-corrected chi connectivity index (χ3v) is 3.48. The number of rotatable bonds is 8. The van der Waals surface area contributed by atoms with Crippen LogP contribution in [0.1, 0.15) is 13.3 Å². The second-order valence-corrected chi connectivity index (χ2v) is 5.34. The smallest absolute Gasteiger partial charge is 0.279 e. The van der Waals surface area contributed by atoms with Crippen LogP contribution >= 0.6 is 12.4 Å². The van der Waals surface area contributed by atoms with Gasteiger partial charge in [-0.05, 0) is 13.3 Å². The second-order valence-electron chi connectivity index (χ2n) is 3.48. The van der Waals surface area contributed by atoms with Gasteiger partial charge < -0.3 is 10.5 Å². The molecule has 0 saturated carbocycles. The lowest BCUT2D eigenvalue weighted by Gasteiger charge is -2.17. The number of methoxy groups -OCH3 is 1. The molecule has 3 N–H and O–H groups in total. The molecular weight excluding hydrogens is 254 g/mol. The Hall–Kier alpha value is 0.0800. The lowest BCUT2D eigenvalue weighted by atomic mass is 10.3. The van der Waals surface area contributed by atoms with E-state index in [4.69, 9.17) is 10.5 Å². The van der Waals surface area contributed by atoms with Crippen LogP contribution in [0.4, 0.5) is 0 Å². The van der Waals surface area contributed by atoms with Crippen LogP contribution in [-0.2, 0) is 14.9 Å². The molecule has 0 rings (SSSR count). The number of hydrogen-bond donors (Lipinski definition) is 2. The molecule has 6 nitrogen and oxygen atoms in total. The van der Waals surface area contributed by atoms with Gasteiger partial charge in [-0.2, -0.15) is 12.7 Å². The molecule has 1 unspecified atom stereocenters. The van der Waals surface area contributed by atoms with Crippen molar-refractivity contribution in [2.75, 3.05) is 33.9 Å². The van der Waals surface area contributed by atoms with Crippen molar-refractivity contribution < 1.29 is 13.2 Å². The fourth-order valence-corrected chi connectivity index (χ4v) is 1.78. The van der Waals surface area contributed by atoms with Gasteiger partial charge in [-0.3, -0.25) is 0 Å². The first-order valence-electron chi connectivity index (χ1n) is 4.85. The van der Waals surface area contributed by atoms with E-state index < -0.39 is 10.2 Å². The predicted molar refractivity (Wildman–Crippen MR) is 66.9 cm³/mol. The van der Waals surface area contributed by atoms with E-state index in [1.807, 2.05) is 6.92 Å². The summed E-state index contributed by atoms with van der Waals surface area (Å²) in [5.74, 6) is 0. The number of hydrogen-bond acceptors (Lipinski definition) is 4. The predicted octanol–water partition coefficient (Wildman–Crippen LogP) is -0.442. The highest BCUT2D eigenvalue weighted by Gasteiger charge is 2.16. The molecule has 0 bridgehead atoms. The second kappa shape index (κ2) is 9.15.